The number of hydrogen-bond acceptors (Lipinski definition) is 2. The van der Waals surface area contributed by atoms with Gasteiger partial charge in [0.05, 0.1) is 0 Å². The van der Waals surface area contributed by atoms with E-state index < -0.39 is 0 Å². The van der Waals surface area contributed by atoms with Gasteiger partial charge in [-0.1, -0.05) is 29.0 Å². The molecule has 0 atom stereocenters. The number of rotatable bonds is 6. The number of carbonyl (C=O) groups excluding carboxylic acids is 1. The van der Waals surface area contributed by atoms with E-state index in [1.165, 1.54) is 17.3 Å². The van der Waals surface area contributed by atoms with Gasteiger partial charge < -0.3 is 10.6 Å². The van der Waals surface area contributed by atoms with Crippen molar-refractivity contribution in [2.24, 2.45) is 0 Å². The van der Waals surface area contributed by atoms with Gasteiger partial charge in [-0.15, -0.1) is 0 Å². The molecule has 1 saturated heterocycles. The normalized spacial score (nSPS) is 17.7. The van der Waals surface area contributed by atoms with Crippen molar-refractivity contribution in [2.45, 2.75) is 44.6 Å². The van der Waals surface area contributed by atoms with Crippen molar-refractivity contribution in [3.05, 3.63) is 0 Å². The second-order valence-electron chi connectivity index (χ2n) is 4.09. The highest BCUT2D eigenvalue weighted by Crippen LogP contribution is 2.05. The van der Waals surface area contributed by atoms with Gasteiger partial charge in [0.15, 0.2) is 0 Å². The van der Waals surface area contributed by atoms with Crippen LogP contribution in [0.2, 0.25) is 0 Å². The van der Waals surface area contributed by atoms with E-state index in [1.54, 1.807) is 0 Å². The number of unbranched alkanes of at least 4 members (excludes halogenated alkanes) is 2. The van der Waals surface area contributed by atoms with Crippen LogP contribution in [0.3, 0.4) is 0 Å². The highest BCUT2D eigenvalue weighted by molar-refractivity contribution is 14.1. The van der Waals surface area contributed by atoms with Gasteiger partial charge in [0, 0.05) is 12.5 Å². The van der Waals surface area contributed by atoms with Crippen LogP contribution in [0.1, 0.15) is 38.5 Å². The predicted molar refractivity (Wildman–Crippen MR) is 71.4 cm³/mol. The largest absolute Gasteiger partial charge is 0.353 e. The Kier molecular flexibility index (Phi) is 7.34. The van der Waals surface area contributed by atoms with E-state index in [0.717, 1.165) is 32.4 Å². The van der Waals surface area contributed by atoms with E-state index in [0.29, 0.717) is 12.5 Å². The van der Waals surface area contributed by atoms with Crippen LogP contribution in [0.15, 0.2) is 0 Å². The Labute approximate surface area is 106 Å². The maximum absolute atomic E-state index is 11.5. The first kappa shape index (κ1) is 13.2. The lowest BCUT2D eigenvalue weighted by molar-refractivity contribution is -0.122. The van der Waals surface area contributed by atoms with Gasteiger partial charge in [-0.3, -0.25) is 4.79 Å². The summed E-state index contributed by atoms with van der Waals surface area (Å²) in [6.45, 7) is 2.08. The number of alkyl halides is 1. The Balaban J connectivity index is 2.01. The molecule has 4 heteroatoms. The van der Waals surface area contributed by atoms with Gasteiger partial charge in [0.25, 0.3) is 0 Å². The number of piperidine rings is 1. The summed E-state index contributed by atoms with van der Waals surface area (Å²) in [5, 5.41) is 6.41. The Morgan fingerprint density at radius 3 is 2.67 bits per heavy atom. The number of carbonyl (C=O) groups is 1. The van der Waals surface area contributed by atoms with Crippen LogP contribution >= 0.6 is 22.6 Å². The van der Waals surface area contributed by atoms with Crippen LogP contribution in [-0.2, 0) is 4.79 Å². The van der Waals surface area contributed by atoms with E-state index in [2.05, 4.69) is 33.2 Å². The summed E-state index contributed by atoms with van der Waals surface area (Å²) in [7, 11) is 0. The van der Waals surface area contributed by atoms with Crippen LogP contribution in [0.4, 0.5) is 0 Å². The molecule has 0 radical (unpaired) electrons. The lowest BCUT2D eigenvalue weighted by Gasteiger charge is -2.23. The Hall–Kier alpha value is 0.160. The summed E-state index contributed by atoms with van der Waals surface area (Å²) in [6.07, 6.45) is 6.34. The number of nitrogens with one attached hydrogen (secondary N) is 2. The molecule has 3 nitrogen and oxygen atoms in total. The number of hydrogen-bond donors (Lipinski definition) is 2. The third kappa shape index (κ3) is 6.35. The summed E-state index contributed by atoms with van der Waals surface area (Å²) in [4.78, 5) is 11.5. The van der Waals surface area contributed by atoms with Crippen molar-refractivity contribution in [3.63, 3.8) is 0 Å². The lowest BCUT2D eigenvalue weighted by Crippen LogP contribution is -2.42. The predicted octanol–water partition coefficient (Wildman–Crippen LogP) is 1.85. The molecule has 0 aromatic carbocycles. The standard InChI is InChI=1S/C11H21IN2O/c12-7-3-1-2-4-11(15)14-10-5-8-13-9-6-10/h10,13H,1-9H2,(H,14,15). The lowest BCUT2D eigenvalue weighted by atomic mass is 10.1. The van der Waals surface area contributed by atoms with Crippen LogP contribution in [0, 0.1) is 0 Å². The first-order chi connectivity index (χ1) is 7.33. The van der Waals surface area contributed by atoms with Crippen LogP contribution in [0.25, 0.3) is 0 Å². The van der Waals surface area contributed by atoms with Gasteiger partial charge in [-0.05, 0) is 43.2 Å². The summed E-state index contributed by atoms with van der Waals surface area (Å²) in [6, 6.07) is 0.420. The molecular formula is C11H21IN2O. The van der Waals surface area contributed by atoms with E-state index in [9.17, 15) is 4.79 Å². The molecule has 1 amide bonds. The maximum atomic E-state index is 11.5. The fraction of sp³-hybridized carbons (Fsp3) is 0.909. The third-order valence-electron chi connectivity index (χ3n) is 2.74. The fourth-order valence-corrected chi connectivity index (χ4v) is 2.36. The molecule has 0 aromatic heterocycles. The molecule has 0 unspecified atom stereocenters. The maximum Gasteiger partial charge on any atom is 0.220 e. The van der Waals surface area contributed by atoms with E-state index in [-0.39, 0.29) is 5.91 Å². The number of amides is 1. The second kappa shape index (κ2) is 8.33. The zero-order chi connectivity index (χ0) is 10.9. The zero-order valence-electron chi connectivity index (χ0n) is 9.23. The molecule has 1 fully saturated rings. The first-order valence-corrected chi connectivity index (χ1v) is 7.41. The molecule has 2 N–H and O–H groups in total. The Bertz CT molecular complexity index is 181. The van der Waals surface area contributed by atoms with Gasteiger partial charge in [0.2, 0.25) is 5.91 Å². The van der Waals surface area contributed by atoms with Gasteiger partial charge >= 0.3 is 0 Å². The average molecular weight is 324 g/mol. The zero-order valence-corrected chi connectivity index (χ0v) is 11.4. The molecule has 1 heterocycles. The van der Waals surface area contributed by atoms with Crippen molar-refractivity contribution in [1.29, 1.82) is 0 Å². The SMILES string of the molecule is O=C(CCCCCI)NC1CCNCC1. The van der Waals surface area contributed by atoms with Gasteiger partial charge in [-0.25, -0.2) is 0 Å². The summed E-state index contributed by atoms with van der Waals surface area (Å²) < 4.78 is 1.20. The Morgan fingerprint density at radius 2 is 2.00 bits per heavy atom. The molecule has 0 saturated carbocycles. The number of halogens is 1. The van der Waals surface area contributed by atoms with Gasteiger partial charge in [-0.2, -0.15) is 0 Å². The highest BCUT2D eigenvalue weighted by Gasteiger charge is 2.14. The van der Waals surface area contributed by atoms with Crippen molar-refractivity contribution in [1.82, 2.24) is 10.6 Å². The minimum atomic E-state index is 0.246. The van der Waals surface area contributed by atoms with E-state index in [4.69, 9.17) is 0 Å². The monoisotopic (exact) mass is 324 g/mol. The molecule has 88 valence electrons. The highest BCUT2D eigenvalue weighted by atomic mass is 127. The second-order valence-corrected chi connectivity index (χ2v) is 5.17. The molecule has 1 aliphatic heterocycles. The average Bonchev–Trinajstić information content (AvgIpc) is 2.26. The molecule has 0 bridgehead atoms. The topological polar surface area (TPSA) is 41.1 Å². The quantitative estimate of drug-likeness (QED) is 0.445. The third-order valence-corrected chi connectivity index (χ3v) is 3.50. The van der Waals surface area contributed by atoms with E-state index >= 15 is 0 Å². The minimum absolute atomic E-state index is 0.246. The van der Waals surface area contributed by atoms with E-state index in [1.807, 2.05) is 0 Å². The molecular weight excluding hydrogens is 303 g/mol. The molecule has 1 aliphatic rings. The smallest absolute Gasteiger partial charge is 0.220 e. The minimum Gasteiger partial charge on any atom is -0.353 e. The molecule has 0 spiro atoms. The van der Waals surface area contributed by atoms with Crippen LogP contribution < -0.4 is 10.6 Å². The molecule has 0 aliphatic carbocycles. The van der Waals surface area contributed by atoms with Gasteiger partial charge in [0.1, 0.15) is 0 Å². The molecule has 1 rings (SSSR count). The molecule has 0 aromatic rings. The van der Waals surface area contributed by atoms with Crippen molar-refractivity contribution < 1.29 is 4.79 Å². The summed E-state index contributed by atoms with van der Waals surface area (Å²) in [5.41, 5.74) is 0. The summed E-state index contributed by atoms with van der Waals surface area (Å²) in [5.74, 6) is 0.246. The van der Waals surface area contributed by atoms with Crippen LogP contribution in [-0.4, -0.2) is 29.5 Å². The van der Waals surface area contributed by atoms with Crippen molar-refractivity contribution in [2.75, 3.05) is 17.5 Å². The van der Waals surface area contributed by atoms with Crippen LogP contribution in [0.5, 0.6) is 0 Å². The first-order valence-electron chi connectivity index (χ1n) is 5.89. The van der Waals surface area contributed by atoms with Crippen molar-refractivity contribution >= 4 is 28.5 Å². The fourth-order valence-electron chi connectivity index (χ4n) is 1.82. The Morgan fingerprint density at radius 1 is 1.27 bits per heavy atom. The molecule has 15 heavy (non-hydrogen) atoms. The summed E-state index contributed by atoms with van der Waals surface area (Å²) >= 11 is 2.38. The van der Waals surface area contributed by atoms with Crippen molar-refractivity contribution in [3.8, 4) is 0 Å².